The van der Waals surface area contributed by atoms with Crippen LogP contribution in [0.1, 0.15) is 22.3 Å². The van der Waals surface area contributed by atoms with Crippen molar-refractivity contribution in [3.8, 4) is 55.6 Å². The molecule has 294 valence electrons. The van der Waals surface area contributed by atoms with E-state index in [1.165, 1.54) is 66.8 Å². The molecule has 0 aliphatic heterocycles. The van der Waals surface area contributed by atoms with Crippen molar-refractivity contribution in [3.05, 3.63) is 259 Å². The van der Waals surface area contributed by atoms with Crippen molar-refractivity contribution in [2.24, 2.45) is 0 Å². The Morgan fingerprint density at radius 2 is 0.762 bits per heavy atom. The van der Waals surface area contributed by atoms with Crippen LogP contribution in [0, 0.1) is 0 Å². The van der Waals surface area contributed by atoms with Crippen LogP contribution >= 0.6 is 0 Å². The van der Waals surface area contributed by atoms with Crippen LogP contribution in [0.5, 0.6) is 0 Å². The van der Waals surface area contributed by atoms with Gasteiger partial charge in [0.25, 0.3) is 0 Å². The fourth-order valence-corrected chi connectivity index (χ4v) is 10.8. The van der Waals surface area contributed by atoms with Crippen LogP contribution in [-0.4, -0.2) is 0 Å². The summed E-state index contributed by atoms with van der Waals surface area (Å²) in [5.41, 5.74) is 22.1. The topological polar surface area (TPSA) is 16.4 Å². The number of nitrogens with zero attached hydrogens (tertiary/aromatic N) is 1. The molecular formula is C61H39NO. The van der Waals surface area contributed by atoms with Gasteiger partial charge in [0.05, 0.1) is 5.41 Å². The van der Waals surface area contributed by atoms with Gasteiger partial charge in [-0.3, -0.25) is 0 Å². The van der Waals surface area contributed by atoms with Crippen LogP contribution in [-0.2, 0) is 5.41 Å². The van der Waals surface area contributed by atoms with Gasteiger partial charge in [0.2, 0.25) is 0 Å². The van der Waals surface area contributed by atoms with Crippen LogP contribution in [0.2, 0.25) is 0 Å². The van der Waals surface area contributed by atoms with Gasteiger partial charge in [-0.15, -0.1) is 0 Å². The van der Waals surface area contributed by atoms with Crippen LogP contribution in [0.15, 0.2) is 241 Å². The lowest BCUT2D eigenvalue weighted by Crippen LogP contribution is -2.26. The summed E-state index contributed by atoms with van der Waals surface area (Å²) in [5, 5.41) is 2.27. The van der Waals surface area contributed by atoms with E-state index in [1.807, 2.05) is 12.1 Å². The monoisotopic (exact) mass is 801 g/mol. The Kier molecular flexibility index (Phi) is 7.85. The highest BCUT2D eigenvalue weighted by Crippen LogP contribution is 2.65. The molecule has 2 nitrogen and oxygen atoms in total. The Hall–Kier alpha value is -8.20. The minimum Gasteiger partial charge on any atom is -0.456 e. The molecule has 0 saturated carbocycles. The molecule has 0 saturated heterocycles. The molecule has 1 aromatic heterocycles. The molecule has 0 atom stereocenters. The second-order valence-corrected chi connectivity index (χ2v) is 16.8. The van der Waals surface area contributed by atoms with E-state index in [2.05, 4.69) is 229 Å². The number of para-hydroxylation sites is 1. The Morgan fingerprint density at radius 3 is 1.41 bits per heavy atom. The van der Waals surface area contributed by atoms with Crippen LogP contribution < -0.4 is 4.90 Å². The van der Waals surface area contributed by atoms with Gasteiger partial charge in [-0.1, -0.05) is 182 Å². The lowest BCUT2D eigenvalue weighted by molar-refractivity contribution is 0.669. The first-order valence-electron chi connectivity index (χ1n) is 21.7. The molecule has 0 radical (unpaired) electrons. The molecule has 2 aliphatic rings. The zero-order chi connectivity index (χ0) is 41.5. The van der Waals surface area contributed by atoms with Gasteiger partial charge >= 0.3 is 0 Å². The summed E-state index contributed by atoms with van der Waals surface area (Å²) in [6.45, 7) is 0. The zero-order valence-corrected chi connectivity index (χ0v) is 34.4. The van der Waals surface area contributed by atoms with Crippen molar-refractivity contribution in [3.63, 3.8) is 0 Å². The summed E-state index contributed by atoms with van der Waals surface area (Å²) in [7, 11) is 0. The minimum absolute atomic E-state index is 0.499. The van der Waals surface area contributed by atoms with E-state index in [4.69, 9.17) is 4.42 Å². The molecule has 63 heavy (non-hydrogen) atoms. The first-order chi connectivity index (χ1) is 31.2. The van der Waals surface area contributed by atoms with Gasteiger partial charge in [0.15, 0.2) is 0 Å². The highest BCUT2D eigenvalue weighted by Gasteiger charge is 2.52. The van der Waals surface area contributed by atoms with Crippen molar-refractivity contribution >= 4 is 39.0 Å². The summed E-state index contributed by atoms with van der Waals surface area (Å²) in [6.07, 6.45) is 0. The summed E-state index contributed by atoms with van der Waals surface area (Å²) in [4.78, 5) is 2.44. The molecule has 0 bridgehead atoms. The molecule has 1 spiro atoms. The molecule has 10 aromatic carbocycles. The van der Waals surface area contributed by atoms with Gasteiger partial charge in [-0.05, 0) is 132 Å². The van der Waals surface area contributed by atoms with Crippen molar-refractivity contribution in [1.82, 2.24) is 0 Å². The molecular weight excluding hydrogens is 763 g/mol. The predicted molar refractivity (Wildman–Crippen MR) is 261 cm³/mol. The number of hydrogen-bond donors (Lipinski definition) is 0. The van der Waals surface area contributed by atoms with E-state index in [0.29, 0.717) is 0 Å². The van der Waals surface area contributed by atoms with Crippen LogP contribution in [0.25, 0.3) is 77.6 Å². The van der Waals surface area contributed by atoms with E-state index in [-0.39, 0.29) is 0 Å². The Morgan fingerprint density at radius 1 is 0.286 bits per heavy atom. The number of rotatable bonds is 6. The van der Waals surface area contributed by atoms with Gasteiger partial charge in [0, 0.05) is 27.8 Å². The van der Waals surface area contributed by atoms with E-state index >= 15 is 0 Å². The maximum absolute atomic E-state index is 6.32. The molecule has 0 fully saturated rings. The minimum atomic E-state index is -0.499. The van der Waals surface area contributed by atoms with Crippen molar-refractivity contribution in [1.29, 1.82) is 0 Å². The van der Waals surface area contributed by atoms with Crippen LogP contribution in [0.3, 0.4) is 0 Å². The van der Waals surface area contributed by atoms with Gasteiger partial charge in [0.1, 0.15) is 11.2 Å². The standard InChI is InChI=1S/C61H39NO/c1-3-15-40(16-4-1)41-27-32-45(33-28-41)62(46-34-29-42(30-35-46)44-31-36-51-50-21-10-14-26-58(50)63-59(51)37-44)47-38-53(43-17-5-2-6-18-43)60-52-22-9-13-25-56(52)61(57(60)39-47)54-23-11-7-19-48(54)49-20-8-12-24-55(49)61/h1-39H. The Balaban J connectivity index is 1.05. The van der Waals surface area contributed by atoms with Crippen molar-refractivity contribution in [2.75, 3.05) is 4.90 Å². The van der Waals surface area contributed by atoms with E-state index in [1.54, 1.807) is 0 Å². The molecule has 2 heteroatoms. The SMILES string of the molecule is c1ccc(-c2ccc(N(c3ccc(-c4ccc5c(c4)oc4ccccc45)cc3)c3cc(-c4ccccc4)c4c(c3)C3(c5ccccc5-c5ccccc53)c3ccccc3-4)cc2)cc1. The molecule has 0 unspecified atom stereocenters. The summed E-state index contributed by atoms with van der Waals surface area (Å²) >= 11 is 0. The fourth-order valence-electron chi connectivity index (χ4n) is 10.8. The Labute approximate surface area is 366 Å². The summed E-state index contributed by atoms with van der Waals surface area (Å²) < 4.78 is 6.32. The second kappa shape index (κ2) is 13.9. The highest BCUT2D eigenvalue weighted by molar-refractivity contribution is 6.06. The average Bonchev–Trinajstić information content (AvgIpc) is 3.99. The third-order valence-electron chi connectivity index (χ3n) is 13.5. The average molecular weight is 802 g/mol. The van der Waals surface area contributed by atoms with Gasteiger partial charge < -0.3 is 9.32 Å². The van der Waals surface area contributed by atoms with Crippen LogP contribution in [0.4, 0.5) is 17.1 Å². The first kappa shape index (κ1) is 35.5. The normalized spacial score (nSPS) is 12.9. The first-order valence-corrected chi connectivity index (χ1v) is 21.7. The lowest BCUT2D eigenvalue weighted by atomic mass is 9.70. The molecule has 11 aromatic rings. The number of anilines is 3. The smallest absolute Gasteiger partial charge is 0.136 e. The quantitative estimate of drug-likeness (QED) is 0.167. The maximum Gasteiger partial charge on any atom is 0.136 e. The number of fused-ring (bicyclic) bond motifs is 13. The van der Waals surface area contributed by atoms with E-state index < -0.39 is 5.41 Å². The third kappa shape index (κ3) is 5.32. The Bertz CT molecular complexity index is 3500. The molecule has 13 rings (SSSR count). The van der Waals surface area contributed by atoms with Crippen molar-refractivity contribution < 1.29 is 4.42 Å². The third-order valence-corrected chi connectivity index (χ3v) is 13.5. The maximum atomic E-state index is 6.32. The molecule has 1 heterocycles. The zero-order valence-electron chi connectivity index (χ0n) is 34.4. The number of benzene rings is 10. The second-order valence-electron chi connectivity index (χ2n) is 16.8. The molecule has 0 amide bonds. The van der Waals surface area contributed by atoms with Gasteiger partial charge in [-0.2, -0.15) is 0 Å². The number of hydrogen-bond acceptors (Lipinski definition) is 2. The summed E-state index contributed by atoms with van der Waals surface area (Å²) in [6, 6.07) is 86.6. The van der Waals surface area contributed by atoms with Gasteiger partial charge in [-0.25, -0.2) is 0 Å². The largest absolute Gasteiger partial charge is 0.456 e. The lowest BCUT2D eigenvalue weighted by Gasteiger charge is -2.33. The number of furan rings is 1. The van der Waals surface area contributed by atoms with Crippen molar-refractivity contribution in [2.45, 2.75) is 5.41 Å². The summed E-state index contributed by atoms with van der Waals surface area (Å²) in [5.74, 6) is 0. The molecule has 2 aliphatic carbocycles. The molecule has 0 N–H and O–H groups in total. The predicted octanol–water partition coefficient (Wildman–Crippen LogP) is 16.4. The van der Waals surface area contributed by atoms with E-state index in [9.17, 15) is 0 Å². The highest BCUT2D eigenvalue weighted by atomic mass is 16.3. The fraction of sp³-hybridized carbons (Fsp3) is 0.0164. The van der Waals surface area contributed by atoms with E-state index in [0.717, 1.165) is 50.1 Å².